The van der Waals surface area contributed by atoms with Gasteiger partial charge in [0.2, 0.25) is 5.91 Å². The summed E-state index contributed by atoms with van der Waals surface area (Å²) >= 11 is 0. The number of ether oxygens (including phenoxy) is 1. The minimum atomic E-state index is -0.586. The normalized spacial score (nSPS) is 23.0. The third-order valence-electron chi connectivity index (χ3n) is 4.25. The predicted octanol–water partition coefficient (Wildman–Crippen LogP) is 1.87. The number of piperidine rings is 1. The van der Waals surface area contributed by atoms with E-state index in [1.165, 1.54) is 0 Å². The lowest BCUT2D eigenvalue weighted by atomic mass is 9.92. The standard InChI is InChI=1S/C17H24N2O3/c1-11-4-8-15(9-5-11)22-13(3)17(21)19-10-14(16(18)20)7-6-12(19)2/h4-5,8-9,12-14H,6-7,10H2,1-3H3,(H2,18,20)/t12-,13-,14-/m1/s1. The monoisotopic (exact) mass is 304 g/mol. The maximum atomic E-state index is 12.6. The summed E-state index contributed by atoms with van der Waals surface area (Å²) in [5, 5.41) is 0. The zero-order chi connectivity index (χ0) is 16.3. The molecule has 3 atom stereocenters. The third kappa shape index (κ3) is 3.78. The summed E-state index contributed by atoms with van der Waals surface area (Å²) in [6, 6.07) is 7.70. The molecule has 1 fully saturated rings. The van der Waals surface area contributed by atoms with E-state index in [0.29, 0.717) is 12.3 Å². The van der Waals surface area contributed by atoms with Crippen molar-refractivity contribution in [2.45, 2.75) is 45.8 Å². The molecule has 1 aromatic carbocycles. The van der Waals surface area contributed by atoms with Gasteiger partial charge in [0, 0.05) is 12.6 Å². The van der Waals surface area contributed by atoms with Crippen LogP contribution in [0.15, 0.2) is 24.3 Å². The molecule has 1 aliphatic heterocycles. The fraction of sp³-hybridized carbons (Fsp3) is 0.529. The maximum Gasteiger partial charge on any atom is 0.263 e. The first-order valence-corrected chi connectivity index (χ1v) is 7.71. The Balaban J connectivity index is 2.02. The van der Waals surface area contributed by atoms with Gasteiger partial charge < -0.3 is 15.4 Å². The Bertz CT molecular complexity index is 541. The molecule has 0 unspecified atom stereocenters. The maximum absolute atomic E-state index is 12.6. The number of carbonyl (C=O) groups is 2. The van der Waals surface area contributed by atoms with Gasteiger partial charge in [-0.3, -0.25) is 9.59 Å². The van der Waals surface area contributed by atoms with Crippen molar-refractivity contribution in [2.24, 2.45) is 11.7 Å². The van der Waals surface area contributed by atoms with Crippen LogP contribution < -0.4 is 10.5 Å². The highest BCUT2D eigenvalue weighted by Gasteiger charge is 2.34. The van der Waals surface area contributed by atoms with Crippen molar-refractivity contribution in [2.75, 3.05) is 6.54 Å². The Morgan fingerprint density at radius 2 is 1.91 bits per heavy atom. The summed E-state index contributed by atoms with van der Waals surface area (Å²) < 4.78 is 5.72. The van der Waals surface area contributed by atoms with Crippen molar-refractivity contribution < 1.29 is 14.3 Å². The molecule has 5 heteroatoms. The fourth-order valence-corrected chi connectivity index (χ4v) is 2.75. The average Bonchev–Trinajstić information content (AvgIpc) is 2.49. The van der Waals surface area contributed by atoms with Crippen molar-refractivity contribution in [1.82, 2.24) is 4.90 Å². The molecule has 5 nitrogen and oxygen atoms in total. The van der Waals surface area contributed by atoms with E-state index in [9.17, 15) is 9.59 Å². The summed E-state index contributed by atoms with van der Waals surface area (Å²) in [7, 11) is 0. The lowest BCUT2D eigenvalue weighted by Crippen LogP contribution is -2.52. The Kier molecular flexibility index (Phi) is 5.06. The van der Waals surface area contributed by atoms with E-state index in [-0.39, 0.29) is 23.8 Å². The van der Waals surface area contributed by atoms with Gasteiger partial charge in [-0.15, -0.1) is 0 Å². The number of hydrogen-bond acceptors (Lipinski definition) is 3. The molecule has 1 aliphatic rings. The zero-order valence-corrected chi connectivity index (χ0v) is 13.4. The largest absolute Gasteiger partial charge is 0.481 e. The third-order valence-corrected chi connectivity index (χ3v) is 4.25. The first-order chi connectivity index (χ1) is 10.4. The summed E-state index contributed by atoms with van der Waals surface area (Å²) in [4.78, 5) is 25.7. The average molecular weight is 304 g/mol. The number of benzene rings is 1. The number of rotatable bonds is 4. The van der Waals surface area contributed by atoms with Gasteiger partial charge in [0.25, 0.3) is 5.91 Å². The molecule has 1 aromatic rings. The van der Waals surface area contributed by atoms with Gasteiger partial charge in [0.05, 0.1) is 5.92 Å². The molecule has 2 N–H and O–H groups in total. The fourth-order valence-electron chi connectivity index (χ4n) is 2.75. The van der Waals surface area contributed by atoms with Crippen molar-refractivity contribution in [3.63, 3.8) is 0 Å². The number of carbonyl (C=O) groups excluding carboxylic acids is 2. The van der Waals surface area contributed by atoms with E-state index in [1.54, 1.807) is 11.8 Å². The predicted molar refractivity (Wildman–Crippen MR) is 84.4 cm³/mol. The summed E-state index contributed by atoms with van der Waals surface area (Å²) in [5.74, 6) is -0.0230. The second-order valence-corrected chi connectivity index (χ2v) is 6.09. The molecular weight excluding hydrogens is 280 g/mol. The second-order valence-electron chi connectivity index (χ2n) is 6.09. The molecule has 1 heterocycles. The van der Waals surface area contributed by atoms with Crippen LogP contribution >= 0.6 is 0 Å². The molecule has 120 valence electrons. The van der Waals surface area contributed by atoms with Crippen LogP contribution in [0.25, 0.3) is 0 Å². The number of nitrogens with zero attached hydrogens (tertiary/aromatic N) is 1. The number of amides is 2. The Morgan fingerprint density at radius 1 is 1.27 bits per heavy atom. The van der Waals surface area contributed by atoms with E-state index in [2.05, 4.69) is 0 Å². The summed E-state index contributed by atoms with van der Waals surface area (Å²) in [6.07, 6.45) is 0.946. The first-order valence-electron chi connectivity index (χ1n) is 7.71. The summed E-state index contributed by atoms with van der Waals surface area (Å²) in [5.41, 5.74) is 6.52. The van der Waals surface area contributed by atoms with Gasteiger partial charge >= 0.3 is 0 Å². The van der Waals surface area contributed by atoms with Crippen molar-refractivity contribution in [3.8, 4) is 5.75 Å². The van der Waals surface area contributed by atoms with Crippen molar-refractivity contribution in [1.29, 1.82) is 0 Å². The Labute approximate surface area is 131 Å². The number of aryl methyl sites for hydroxylation is 1. The molecule has 0 bridgehead atoms. The Hall–Kier alpha value is -2.04. The highest BCUT2D eigenvalue weighted by atomic mass is 16.5. The molecule has 2 rings (SSSR count). The van der Waals surface area contributed by atoms with Gasteiger partial charge in [0.15, 0.2) is 6.10 Å². The molecule has 1 saturated heterocycles. The molecule has 22 heavy (non-hydrogen) atoms. The van der Waals surface area contributed by atoms with Crippen molar-refractivity contribution in [3.05, 3.63) is 29.8 Å². The molecule has 0 spiro atoms. The molecule has 0 saturated carbocycles. The van der Waals surface area contributed by atoms with E-state index >= 15 is 0 Å². The lowest BCUT2D eigenvalue weighted by molar-refractivity contribution is -0.143. The molecule has 0 aromatic heterocycles. The zero-order valence-electron chi connectivity index (χ0n) is 13.4. The number of likely N-dealkylation sites (tertiary alicyclic amines) is 1. The van der Waals surface area contributed by atoms with Crippen LogP contribution in [0.3, 0.4) is 0 Å². The van der Waals surface area contributed by atoms with Crippen LogP contribution in [0.2, 0.25) is 0 Å². The van der Waals surface area contributed by atoms with Gasteiger partial charge in [-0.2, -0.15) is 0 Å². The van der Waals surface area contributed by atoms with Gasteiger partial charge in [-0.25, -0.2) is 0 Å². The van der Waals surface area contributed by atoms with E-state index < -0.39 is 6.10 Å². The van der Waals surface area contributed by atoms with E-state index in [4.69, 9.17) is 10.5 Å². The number of hydrogen-bond donors (Lipinski definition) is 1. The van der Waals surface area contributed by atoms with Crippen molar-refractivity contribution >= 4 is 11.8 Å². The van der Waals surface area contributed by atoms with Gasteiger partial charge in [-0.05, 0) is 45.7 Å². The van der Waals surface area contributed by atoms with Crippen LogP contribution in [0, 0.1) is 12.8 Å². The number of primary amides is 1. The molecule has 0 aliphatic carbocycles. The van der Waals surface area contributed by atoms with E-state index in [0.717, 1.165) is 18.4 Å². The van der Waals surface area contributed by atoms with E-state index in [1.807, 2.05) is 38.1 Å². The quantitative estimate of drug-likeness (QED) is 0.923. The van der Waals surface area contributed by atoms with Crippen LogP contribution in [0.1, 0.15) is 32.3 Å². The first kappa shape index (κ1) is 16.3. The smallest absolute Gasteiger partial charge is 0.263 e. The van der Waals surface area contributed by atoms with Crippen LogP contribution in [-0.2, 0) is 9.59 Å². The second kappa shape index (κ2) is 6.81. The van der Waals surface area contributed by atoms with Gasteiger partial charge in [-0.1, -0.05) is 17.7 Å². The SMILES string of the molecule is Cc1ccc(O[C@H](C)C(=O)N2C[C@H](C(N)=O)CC[C@H]2C)cc1. The minimum Gasteiger partial charge on any atom is -0.481 e. The van der Waals surface area contributed by atoms with Crippen LogP contribution in [-0.4, -0.2) is 35.4 Å². The molecular formula is C17H24N2O3. The molecule has 2 amide bonds. The highest BCUT2D eigenvalue weighted by molar-refractivity contribution is 5.83. The number of nitrogens with two attached hydrogens (primary N) is 1. The van der Waals surface area contributed by atoms with Crippen LogP contribution in [0.5, 0.6) is 5.75 Å². The summed E-state index contributed by atoms with van der Waals surface area (Å²) in [6.45, 7) is 6.12. The topological polar surface area (TPSA) is 72.6 Å². The Morgan fingerprint density at radius 3 is 2.50 bits per heavy atom. The highest BCUT2D eigenvalue weighted by Crippen LogP contribution is 2.23. The van der Waals surface area contributed by atoms with Crippen LogP contribution in [0.4, 0.5) is 0 Å². The molecule has 0 radical (unpaired) electrons. The minimum absolute atomic E-state index is 0.0981. The van der Waals surface area contributed by atoms with Gasteiger partial charge in [0.1, 0.15) is 5.75 Å². The lowest BCUT2D eigenvalue weighted by Gasteiger charge is -2.38.